The van der Waals surface area contributed by atoms with Crippen LogP contribution in [0.2, 0.25) is 10.0 Å². The molecule has 2 aliphatic carbocycles. The SMILES string of the molecule is CCOc1cc(C2C3=C(CCCC3=O)N(CCCOC)C3=C2C(=O)CCC3)cc(Cl)c1OCc1ccc(Cl)cc1. The summed E-state index contributed by atoms with van der Waals surface area (Å²) in [6.45, 7) is 3.95. The summed E-state index contributed by atoms with van der Waals surface area (Å²) in [6.07, 6.45) is 5.01. The van der Waals surface area contributed by atoms with Crippen LogP contribution < -0.4 is 9.47 Å². The Morgan fingerprint density at radius 3 is 2.15 bits per heavy atom. The van der Waals surface area contributed by atoms with Crippen molar-refractivity contribution in [3.05, 3.63) is 80.1 Å². The summed E-state index contributed by atoms with van der Waals surface area (Å²) in [7, 11) is 1.69. The second-order valence-corrected chi connectivity index (χ2v) is 11.2. The topological polar surface area (TPSA) is 65.1 Å². The Morgan fingerprint density at radius 1 is 0.900 bits per heavy atom. The Balaban J connectivity index is 1.58. The number of benzene rings is 2. The van der Waals surface area contributed by atoms with Crippen LogP contribution in [0.3, 0.4) is 0 Å². The van der Waals surface area contributed by atoms with E-state index in [1.807, 2.05) is 43.3 Å². The molecule has 0 spiro atoms. The van der Waals surface area contributed by atoms with E-state index < -0.39 is 5.92 Å². The molecule has 1 heterocycles. The number of hydrogen-bond acceptors (Lipinski definition) is 6. The fourth-order valence-corrected chi connectivity index (χ4v) is 6.48. The third kappa shape index (κ3) is 5.81. The van der Waals surface area contributed by atoms with Gasteiger partial charge in [-0.1, -0.05) is 35.3 Å². The summed E-state index contributed by atoms with van der Waals surface area (Å²) >= 11 is 12.9. The minimum absolute atomic E-state index is 0.102. The van der Waals surface area contributed by atoms with E-state index in [1.165, 1.54) is 0 Å². The molecule has 0 bridgehead atoms. The molecule has 0 fully saturated rings. The van der Waals surface area contributed by atoms with Gasteiger partial charge in [0.2, 0.25) is 0 Å². The van der Waals surface area contributed by atoms with E-state index in [1.54, 1.807) is 7.11 Å². The van der Waals surface area contributed by atoms with Crippen LogP contribution >= 0.6 is 23.2 Å². The third-order valence-corrected chi connectivity index (χ3v) is 8.31. The van der Waals surface area contributed by atoms with Crippen LogP contribution in [0.25, 0.3) is 0 Å². The number of carbonyl (C=O) groups is 2. The molecule has 5 rings (SSSR count). The smallest absolute Gasteiger partial charge is 0.180 e. The lowest BCUT2D eigenvalue weighted by molar-refractivity contribution is -0.117. The van der Waals surface area contributed by atoms with Crippen LogP contribution in [-0.4, -0.2) is 43.3 Å². The number of methoxy groups -OCH3 is 1. The van der Waals surface area contributed by atoms with E-state index in [0.717, 1.165) is 72.3 Å². The Morgan fingerprint density at radius 2 is 1.55 bits per heavy atom. The predicted molar refractivity (Wildman–Crippen MR) is 156 cm³/mol. The van der Waals surface area contributed by atoms with Crippen molar-refractivity contribution in [3.63, 3.8) is 0 Å². The van der Waals surface area contributed by atoms with Crippen molar-refractivity contribution in [2.24, 2.45) is 0 Å². The first-order valence-electron chi connectivity index (χ1n) is 14.0. The Labute approximate surface area is 245 Å². The van der Waals surface area contributed by atoms with Crippen molar-refractivity contribution < 1.29 is 23.8 Å². The highest BCUT2D eigenvalue weighted by Crippen LogP contribution is 2.51. The second kappa shape index (κ2) is 12.8. The number of halogens is 2. The second-order valence-electron chi connectivity index (χ2n) is 10.4. The van der Waals surface area contributed by atoms with Gasteiger partial charge in [-0.2, -0.15) is 0 Å². The molecule has 2 aromatic rings. The zero-order valence-corrected chi connectivity index (χ0v) is 24.6. The monoisotopic (exact) mass is 583 g/mol. The molecule has 0 radical (unpaired) electrons. The minimum Gasteiger partial charge on any atom is -0.490 e. The van der Waals surface area contributed by atoms with Gasteiger partial charge < -0.3 is 19.1 Å². The molecule has 0 amide bonds. The number of hydrogen-bond donors (Lipinski definition) is 0. The first-order valence-corrected chi connectivity index (χ1v) is 14.8. The fraction of sp³-hybridized carbons (Fsp3) is 0.438. The largest absolute Gasteiger partial charge is 0.490 e. The molecule has 8 heteroatoms. The maximum atomic E-state index is 13.6. The molecule has 6 nitrogen and oxygen atoms in total. The number of ketones is 2. The van der Waals surface area contributed by atoms with Gasteiger partial charge in [0.05, 0.1) is 11.6 Å². The van der Waals surface area contributed by atoms with E-state index in [4.69, 9.17) is 37.4 Å². The van der Waals surface area contributed by atoms with Gasteiger partial charge in [0.15, 0.2) is 23.1 Å². The van der Waals surface area contributed by atoms with Crippen LogP contribution in [0.4, 0.5) is 0 Å². The first-order chi connectivity index (χ1) is 19.4. The lowest BCUT2D eigenvalue weighted by Gasteiger charge is -2.44. The van der Waals surface area contributed by atoms with Gasteiger partial charge in [0.25, 0.3) is 0 Å². The summed E-state index contributed by atoms with van der Waals surface area (Å²) in [6, 6.07) is 11.2. The highest BCUT2D eigenvalue weighted by Gasteiger charge is 2.43. The molecule has 0 saturated heterocycles. The number of allylic oxidation sites excluding steroid dienone is 4. The molecule has 0 atom stereocenters. The van der Waals surface area contributed by atoms with Crippen molar-refractivity contribution in [2.75, 3.05) is 26.9 Å². The molecule has 40 heavy (non-hydrogen) atoms. The van der Waals surface area contributed by atoms with Crippen molar-refractivity contribution >= 4 is 34.8 Å². The average Bonchev–Trinajstić information content (AvgIpc) is 2.94. The highest BCUT2D eigenvalue weighted by atomic mass is 35.5. The van der Waals surface area contributed by atoms with Crippen LogP contribution in [0, 0.1) is 0 Å². The minimum atomic E-state index is -0.466. The van der Waals surface area contributed by atoms with E-state index in [0.29, 0.717) is 47.6 Å². The lowest BCUT2D eigenvalue weighted by atomic mass is 9.71. The highest BCUT2D eigenvalue weighted by molar-refractivity contribution is 6.32. The molecule has 2 aromatic carbocycles. The van der Waals surface area contributed by atoms with Crippen molar-refractivity contribution in [1.82, 2.24) is 4.90 Å². The number of rotatable bonds is 10. The molecule has 0 saturated carbocycles. The lowest BCUT2D eigenvalue weighted by Crippen LogP contribution is -2.39. The normalized spacial score (nSPS) is 17.8. The molecule has 212 valence electrons. The van der Waals surface area contributed by atoms with Crippen molar-refractivity contribution in [2.45, 2.75) is 64.4 Å². The number of Topliss-reactive ketones (excluding diaryl/α,β-unsaturated/α-hetero) is 2. The first kappa shape index (κ1) is 28.7. The average molecular weight is 585 g/mol. The van der Waals surface area contributed by atoms with Crippen molar-refractivity contribution in [3.8, 4) is 11.5 Å². The molecule has 0 N–H and O–H groups in total. The van der Waals surface area contributed by atoms with Crippen LogP contribution in [0.15, 0.2) is 58.9 Å². The predicted octanol–water partition coefficient (Wildman–Crippen LogP) is 7.42. The summed E-state index contributed by atoms with van der Waals surface area (Å²) in [5.41, 5.74) is 5.27. The summed E-state index contributed by atoms with van der Waals surface area (Å²) in [4.78, 5) is 29.4. The van der Waals surface area contributed by atoms with Crippen LogP contribution in [0.5, 0.6) is 11.5 Å². The van der Waals surface area contributed by atoms with E-state index in [2.05, 4.69) is 4.90 Å². The van der Waals surface area contributed by atoms with Gasteiger partial charge in [-0.25, -0.2) is 0 Å². The maximum Gasteiger partial charge on any atom is 0.180 e. The number of carbonyl (C=O) groups excluding carboxylic acids is 2. The fourth-order valence-electron chi connectivity index (χ4n) is 6.08. The quantitative estimate of drug-likeness (QED) is 0.271. The molecule has 0 aromatic heterocycles. The number of nitrogens with zero attached hydrogens (tertiary/aromatic N) is 1. The zero-order valence-electron chi connectivity index (χ0n) is 23.1. The van der Waals surface area contributed by atoms with Gasteiger partial charge in [0.1, 0.15) is 6.61 Å². The van der Waals surface area contributed by atoms with Gasteiger partial charge in [-0.15, -0.1) is 0 Å². The zero-order chi connectivity index (χ0) is 28.2. The van der Waals surface area contributed by atoms with Gasteiger partial charge >= 0.3 is 0 Å². The summed E-state index contributed by atoms with van der Waals surface area (Å²) in [5.74, 6) is 0.672. The van der Waals surface area contributed by atoms with Crippen LogP contribution in [-0.2, 0) is 20.9 Å². The van der Waals surface area contributed by atoms with Gasteiger partial charge in [-0.3, -0.25) is 9.59 Å². The van der Waals surface area contributed by atoms with E-state index >= 15 is 0 Å². The van der Waals surface area contributed by atoms with Gasteiger partial charge in [0, 0.05) is 66.6 Å². The van der Waals surface area contributed by atoms with Crippen LogP contribution in [0.1, 0.15) is 68.9 Å². The third-order valence-electron chi connectivity index (χ3n) is 7.78. The Hall–Kier alpha value is -2.80. The number of ether oxygens (including phenoxy) is 3. The Bertz CT molecular complexity index is 1300. The molecule has 1 aliphatic heterocycles. The molecule has 0 unspecified atom stereocenters. The Kier molecular flexibility index (Phi) is 9.19. The molecule has 3 aliphatic rings. The van der Waals surface area contributed by atoms with Gasteiger partial charge in [-0.05, 0) is 74.4 Å². The summed E-state index contributed by atoms with van der Waals surface area (Å²) in [5, 5.41) is 1.04. The van der Waals surface area contributed by atoms with E-state index in [9.17, 15) is 9.59 Å². The van der Waals surface area contributed by atoms with Crippen molar-refractivity contribution in [1.29, 1.82) is 0 Å². The van der Waals surface area contributed by atoms with E-state index in [-0.39, 0.29) is 18.2 Å². The maximum absolute atomic E-state index is 13.6. The standard InChI is InChI=1S/C32H35Cl2NO5/c1-3-39-28-18-21(17-23(34)32(28)40-19-20-11-13-22(33)14-12-20)29-30-24(7-4-9-26(30)36)35(15-6-16-38-2)25-8-5-10-27(37)31(25)29/h11-14,17-18,29H,3-10,15-16,19H2,1-2H3. The molecular formula is C32H35Cl2NO5. The summed E-state index contributed by atoms with van der Waals surface area (Å²) < 4.78 is 17.5. The molecular weight excluding hydrogens is 549 g/mol.